The molecule has 1 rings (SSSR count). The van der Waals surface area contributed by atoms with E-state index in [0.29, 0.717) is 0 Å². The van der Waals surface area contributed by atoms with Crippen LogP contribution in [0.25, 0.3) is 0 Å². The van der Waals surface area contributed by atoms with Gasteiger partial charge in [0, 0.05) is 14.0 Å². The molecule has 0 aromatic carbocycles. The summed E-state index contributed by atoms with van der Waals surface area (Å²) in [6.07, 6.45) is 0. The highest BCUT2D eigenvalue weighted by Gasteiger charge is 2.29. The summed E-state index contributed by atoms with van der Waals surface area (Å²) in [5.41, 5.74) is -1.02. The Kier molecular flexibility index (Phi) is 3.79. The number of hydrogen-bond donors (Lipinski definition) is 2. The first kappa shape index (κ1) is 13.1. The smallest absolute Gasteiger partial charge is 0.257 e. The maximum atomic E-state index is 11.7. The Morgan fingerprint density at radius 3 is 2.24 bits per heavy atom. The number of hydrogen-bond acceptors (Lipinski definition) is 6. The van der Waals surface area contributed by atoms with Crippen LogP contribution in [0.1, 0.15) is 20.8 Å². The molecule has 2 amide bonds. The minimum Gasteiger partial charge on any atom is -0.369 e. The molecule has 8 nitrogen and oxygen atoms in total. The first-order valence-electron chi connectivity index (χ1n) is 4.83. The van der Waals surface area contributed by atoms with Crippen molar-refractivity contribution < 1.29 is 19.0 Å². The molecule has 94 valence electrons. The van der Waals surface area contributed by atoms with E-state index in [2.05, 4.69) is 25.6 Å². The van der Waals surface area contributed by atoms with Crippen LogP contribution in [-0.2, 0) is 14.3 Å². The molecular formula is C9H14N4O4. The van der Waals surface area contributed by atoms with Crippen LogP contribution in [0.2, 0.25) is 0 Å². The summed E-state index contributed by atoms with van der Waals surface area (Å²) >= 11 is 0. The third kappa shape index (κ3) is 3.25. The van der Waals surface area contributed by atoms with E-state index in [1.54, 1.807) is 13.8 Å². The van der Waals surface area contributed by atoms with Gasteiger partial charge in [0.05, 0.1) is 0 Å². The molecule has 0 bridgehead atoms. The fraction of sp³-hybridized carbons (Fsp3) is 0.556. The van der Waals surface area contributed by atoms with Gasteiger partial charge in [-0.1, -0.05) is 0 Å². The minimum atomic E-state index is -1.02. The van der Waals surface area contributed by atoms with E-state index < -0.39 is 11.5 Å². The third-order valence-electron chi connectivity index (χ3n) is 2.07. The monoisotopic (exact) mass is 242 g/mol. The second-order valence-corrected chi connectivity index (χ2v) is 3.81. The van der Waals surface area contributed by atoms with Crippen molar-refractivity contribution in [2.45, 2.75) is 26.4 Å². The molecular weight excluding hydrogens is 228 g/mol. The van der Waals surface area contributed by atoms with Gasteiger partial charge in [0.25, 0.3) is 5.91 Å². The van der Waals surface area contributed by atoms with E-state index in [-0.39, 0.29) is 17.5 Å². The molecule has 0 aliphatic carbocycles. The summed E-state index contributed by atoms with van der Waals surface area (Å²) < 4.78 is 9.41. The Morgan fingerprint density at radius 2 is 1.76 bits per heavy atom. The molecule has 1 aromatic heterocycles. The van der Waals surface area contributed by atoms with E-state index in [1.165, 1.54) is 14.0 Å². The number of carbonyl (C=O) groups is 2. The normalized spacial score (nSPS) is 11.1. The first-order valence-corrected chi connectivity index (χ1v) is 4.83. The molecule has 1 aromatic rings. The average Bonchev–Trinajstić information content (AvgIpc) is 2.64. The van der Waals surface area contributed by atoms with E-state index >= 15 is 0 Å². The van der Waals surface area contributed by atoms with E-state index in [9.17, 15) is 9.59 Å². The molecule has 0 aliphatic heterocycles. The SMILES string of the molecule is COC(C)(C)C(=O)Nc1nonc1NC(C)=O. The molecule has 0 fully saturated rings. The Labute approximate surface area is 97.7 Å². The van der Waals surface area contributed by atoms with Crippen molar-refractivity contribution in [2.24, 2.45) is 0 Å². The molecule has 0 saturated carbocycles. The molecule has 0 atom stereocenters. The number of nitrogens with zero attached hydrogens (tertiary/aromatic N) is 2. The highest BCUT2D eigenvalue weighted by molar-refractivity contribution is 5.99. The van der Waals surface area contributed by atoms with Gasteiger partial charge in [-0.25, -0.2) is 4.63 Å². The van der Waals surface area contributed by atoms with Crippen molar-refractivity contribution >= 4 is 23.5 Å². The Bertz CT molecular complexity index is 426. The highest BCUT2D eigenvalue weighted by Crippen LogP contribution is 2.18. The zero-order valence-corrected chi connectivity index (χ0v) is 10.0. The maximum absolute atomic E-state index is 11.7. The maximum Gasteiger partial charge on any atom is 0.257 e. The van der Waals surface area contributed by atoms with E-state index in [4.69, 9.17) is 4.74 Å². The van der Waals surface area contributed by atoms with Crippen LogP contribution >= 0.6 is 0 Å². The van der Waals surface area contributed by atoms with Crippen molar-refractivity contribution in [3.63, 3.8) is 0 Å². The predicted molar refractivity (Wildman–Crippen MR) is 58.3 cm³/mol. The molecule has 0 radical (unpaired) electrons. The summed E-state index contributed by atoms with van der Waals surface area (Å²) in [7, 11) is 1.41. The van der Waals surface area contributed by atoms with E-state index in [0.717, 1.165) is 0 Å². The largest absolute Gasteiger partial charge is 0.369 e. The predicted octanol–water partition coefficient (Wildman–Crippen LogP) is 0.391. The number of ether oxygens (including phenoxy) is 1. The number of methoxy groups -OCH3 is 1. The van der Waals surface area contributed by atoms with Gasteiger partial charge in [-0.15, -0.1) is 0 Å². The highest BCUT2D eigenvalue weighted by atomic mass is 16.6. The van der Waals surface area contributed by atoms with Gasteiger partial charge in [-0.05, 0) is 24.2 Å². The molecule has 2 N–H and O–H groups in total. The van der Waals surface area contributed by atoms with Gasteiger partial charge >= 0.3 is 0 Å². The van der Waals surface area contributed by atoms with Crippen LogP contribution in [0.5, 0.6) is 0 Å². The van der Waals surface area contributed by atoms with Crippen molar-refractivity contribution in [2.75, 3.05) is 17.7 Å². The number of amides is 2. The van der Waals surface area contributed by atoms with Crippen LogP contribution in [0, 0.1) is 0 Å². The lowest BCUT2D eigenvalue weighted by molar-refractivity contribution is -0.133. The standard InChI is InChI=1S/C9H14N4O4/c1-5(14)10-6-7(13-17-12-6)11-8(15)9(2,3)16-4/h1-4H3,(H,10,12,14)(H,11,13,15). The van der Waals surface area contributed by atoms with Gasteiger partial charge in [0.1, 0.15) is 5.60 Å². The third-order valence-corrected chi connectivity index (χ3v) is 2.07. The molecule has 0 saturated heterocycles. The van der Waals surface area contributed by atoms with Crippen LogP contribution in [-0.4, -0.2) is 34.8 Å². The number of aromatic nitrogens is 2. The fourth-order valence-electron chi connectivity index (χ4n) is 0.870. The minimum absolute atomic E-state index is 0.0373. The van der Waals surface area contributed by atoms with E-state index in [1.807, 2.05) is 0 Å². The van der Waals surface area contributed by atoms with Crippen LogP contribution in [0.15, 0.2) is 4.63 Å². The van der Waals surface area contributed by atoms with Crippen molar-refractivity contribution in [3.8, 4) is 0 Å². The van der Waals surface area contributed by atoms with Crippen LogP contribution < -0.4 is 10.6 Å². The number of nitrogens with one attached hydrogen (secondary N) is 2. The van der Waals surface area contributed by atoms with Crippen molar-refractivity contribution in [3.05, 3.63) is 0 Å². The zero-order valence-electron chi connectivity index (χ0n) is 10.0. The molecule has 0 unspecified atom stereocenters. The molecule has 0 spiro atoms. The number of rotatable bonds is 4. The van der Waals surface area contributed by atoms with Gasteiger partial charge in [-0.3, -0.25) is 9.59 Å². The quantitative estimate of drug-likeness (QED) is 0.791. The number of carbonyl (C=O) groups excluding carboxylic acids is 2. The molecule has 1 heterocycles. The molecule has 17 heavy (non-hydrogen) atoms. The summed E-state index contributed by atoms with van der Waals surface area (Å²) in [4.78, 5) is 22.6. The Balaban J connectivity index is 2.79. The summed E-state index contributed by atoms with van der Waals surface area (Å²) in [6.45, 7) is 4.49. The Hall–Kier alpha value is -1.96. The fourth-order valence-corrected chi connectivity index (χ4v) is 0.870. The van der Waals surface area contributed by atoms with Gasteiger partial charge in [0.15, 0.2) is 0 Å². The molecule has 8 heteroatoms. The summed E-state index contributed by atoms with van der Waals surface area (Å²) in [5.74, 6) is -0.683. The van der Waals surface area contributed by atoms with Crippen LogP contribution in [0.4, 0.5) is 11.6 Å². The average molecular weight is 242 g/mol. The topological polar surface area (TPSA) is 106 Å². The number of anilines is 2. The van der Waals surface area contributed by atoms with Crippen LogP contribution in [0.3, 0.4) is 0 Å². The van der Waals surface area contributed by atoms with Gasteiger partial charge in [0.2, 0.25) is 17.5 Å². The zero-order chi connectivity index (χ0) is 13.1. The van der Waals surface area contributed by atoms with Gasteiger partial charge in [-0.2, -0.15) is 0 Å². The lowest BCUT2D eigenvalue weighted by Crippen LogP contribution is -2.39. The second kappa shape index (κ2) is 4.91. The Morgan fingerprint density at radius 1 is 1.24 bits per heavy atom. The first-order chi connectivity index (χ1) is 7.86. The van der Waals surface area contributed by atoms with Gasteiger partial charge < -0.3 is 15.4 Å². The van der Waals surface area contributed by atoms with Crippen molar-refractivity contribution in [1.29, 1.82) is 0 Å². The molecule has 0 aliphatic rings. The lowest BCUT2D eigenvalue weighted by Gasteiger charge is -2.20. The lowest BCUT2D eigenvalue weighted by atomic mass is 10.1. The summed E-state index contributed by atoms with van der Waals surface area (Å²) in [6, 6.07) is 0. The van der Waals surface area contributed by atoms with Crippen molar-refractivity contribution in [1.82, 2.24) is 10.3 Å². The second-order valence-electron chi connectivity index (χ2n) is 3.81. The summed E-state index contributed by atoms with van der Waals surface area (Å²) in [5, 5.41) is 11.7.